The zero-order chi connectivity index (χ0) is 27.6. The van der Waals surface area contributed by atoms with Crippen molar-refractivity contribution >= 4 is 34.0 Å². The Morgan fingerprint density at radius 1 is 0.634 bits per heavy atom. The lowest BCUT2D eigenvalue weighted by Gasteiger charge is -2.28. The first kappa shape index (κ1) is 24.0. The maximum absolute atomic E-state index is 2.46. The number of aromatic nitrogens is 1. The fourth-order valence-corrected chi connectivity index (χ4v) is 7.08. The van der Waals surface area contributed by atoms with Crippen molar-refractivity contribution < 1.29 is 0 Å². The number of nitrogens with zero attached hydrogens (tertiary/aromatic N) is 2. The van der Waals surface area contributed by atoms with Gasteiger partial charge in [0.1, 0.15) is 0 Å². The van der Waals surface area contributed by atoms with Crippen LogP contribution in [0.5, 0.6) is 0 Å². The van der Waals surface area contributed by atoms with Gasteiger partial charge in [0.2, 0.25) is 0 Å². The molecule has 6 aromatic rings. The first-order chi connectivity index (χ1) is 20.1. The summed E-state index contributed by atoms with van der Waals surface area (Å²) in [6.07, 6.45) is 6.77. The highest BCUT2D eigenvalue weighted by Gasteiger charge is 2.35. The molecule has 1 heterocycles. The molecule has 198 valence electrons. The smallest absolute Gasteiger partial charge is 0.0539 e. The van der Waals surface area contributed by atoms with E-state index in [1.165, 1.54) is 61.5 Å². The number of rotatable bonds is 4. The number of hydrogen-bond donors (Lipinski definition) is 0. The SMILES string of the molecule is CC1(C)c2ccccc2-c2ccc(N(c3ccccc3)c3ccc4c(c3)c3c(n4-c4ccccc4)CCC=C3)cc21. The molecular weight excluding hydrogens is 496 g/mol. The predicted octanol–water partition coefficient (Wildman–Crippen LogP) is 10.4. The van der Waals surface area contributed by atoms with E-state index in [-0.39, 0.29) is 5.41 Å². The third-order valence-corrected chi connectivity index (χ3v) is 9.04. The minimum atomic E-state index is -0.0506. The molecule has 2 heteroatoms. The standard InChI is InChI=1S/C39H32N2/c1-39(2)35-19-11-9-17-31(35)32-23-21-30(26-36(32)39)40(27-13-5-3-6-14-27)29-22-24-38-34(25-29)33-18-10-12-20-37(33)41(38)28-15-7-4-8-16-28/h3-11,13-19,21-26H,12,20H2,1-2H3. The second-order valence-electron chi connectivity index (χ2n) is 11.7. The van der Waals surface area contributed by atoms with Crippen LogP contribution < -0.4 is 4.90 Å². The summed E-state index contributed by atoms with van der Waals surface area (Å²) >= 11 is 0. The Hall–Kier alpha value is -4.82. The molecular formula is C39H32N2. The van der Waals surface area contributed by atoms with E-state index in [2.05, 4.69) is 157 Å². The molecule has 0 bridgehead atoms. The second-order valence-corrected chi connectivity index (χ2v) is 11.7. The molecule has 5 aromatic carbocycles. The highest BCUT2D eigenvalue weighted by atomic mass is 15.1. The first-order valence-electron chi connectivity index (χ1n) is 14.6. The molecule has 0 unspecified atom stereocenters. The maximum atomic E-state index is 2.46. The Kier molecular flexibility index (Phi) is 5.33. The Morgan fingerprint density at radius 2 is 1.32 bits per heavy atom. The predicted molar refractivity (Wildman–Crippen MR) is 173 cm³/mol. The van der Waals surface area contributed by atoms with Crippen LogP contribution in [-0.4, -0.2) is 4.57 Å². The fraction of sp³-hybridized carbons (Fsp3) is 0.128. The van der Waals surface area contributed by atoms with E-state index in [1.807, 2.05) is 0 Å². The number of hydrogen-bond acceptors (Lipinski definition) is 1. The molecule has 0 spiro atoms. The van der Waals surface area contributed by atoms with Gasteiger partial charge in [0, 0.05) is 44.8 Å². The molecule has 0 saturated heterocycles. The van der Waals surface area contributed by atoms with Crippen LogP contribution in [0.4, 0.5) is 17.1 Å². The molecule has 2 aliphatic carbocycles. The number of anilines is 3. The van der Waals surface area contributed by atoms with Gasteiger partial charge in [-0.1, -0.05) is 92.7 Å². The van der Waals surface area contributed by atoms with Crippen molar-refractivity contribution in [2.45, 2.75) is 32.1 Å². The van der Waals surface area contributed by atoms with E-state index in [9.17, 15) is 0 Å². The molecule has 0 aliphatic heterocycles. The molecule has 8 rings (SSSR count). The van der Waals surface area contributed by atoms with E-state index >= 15 is 0 Å². The molecule has 0 atom stereocenters. The Bertz CT molecular complexity index is 1960. The Morgan fingerprint density at radius 3 is 2.15 bits per heavy atom. The van der Waals surface area contributed by atoms with Crippen molar-refractivity contribution in [3.05, 3.63) is 150 Å². The van der Waals surface area contributed by atoms with Crippen molar-refractivity contribution in [3.8, 4) is 16.8 Å². The van der Waals surface area contributed by atoms with Crippen LogP contribution >= 0.6 is 0 Å². The van der Waals surface area contributed by atoms with E-state index in [4.69, 9.17) is 0 Å². The van der Waals surface area contributed by atoms with Crippen molar-refractivity contribution in [1.29, 1.82) is 0 Å². The quantitative estimate of drug-likeness (QED) is 0.221. The molecule has 0 radical (unpaired) electrons. The van der Waals surface area contributed by atoms with E-state index in [0.29, 0.717) is 0 Å². The van der Waals surface area contributed by atoms with Gasteiger partial charge < -0.3 is 9.47 Å². The third kappa shape index (κ3) is 3.64. The summed E-state index contributed by atoms with van der Waals surface area (Å²) < 4.78 is 2.46. The second kappa shape index (κ2) is 9.11. The number of para-hydroxylation sites is 2. The van der Waals surface area contributed by atoms with Crippen LogP contribution in [-0.2, 0) is 11.8 Å². The summed E-state index contributed by atoms with van der Waals surface area (Å²) in [5.74, 6) is 0. The Labute approximate surface area is 241 Å². The largest absolute Gasteiger partial charge is 0.313 e. The average molecular weight is 529 g/mol. The average Bonchev–Trinajstić information content (AvgIpc) is 3.47. The molecule has 1 aromatic heterocycles. The van der Waals surface area contributed by atoms with E-state index < -0.39 is 0 Å². The van der Waals surface area contributed by atoms with Crippen LogP contribution in [0.1, 0.15) is 42.7 Å². The minimum Gasteiger partial charge on any atom is -0.313 e. The fourth-order valence-electron chi connectivity index (χ4n) is 7.08. The normalized spacial score (nSPS) is 14.5. The summed E-state index contributed by atoms with van der Waals surface area (Å²) in [6.45, 7) is 4.70. The van der Waals surface area contributed by atoms with Crippen LogP contribution in [0.25, 0.3) is 33.8 Å². The molecule has 2 aliphatic rings. The van der Waals surface area contributed by atoms with Gasteiger partial charge in [-0.3, -0.25) is 0 Å². The molecule has 0 saturated carbocycles. The third-order valence-electron chi connectivity index (χ3n) is 9.04. The summed E-state index contributed by atoms with van der Waals surface area (Å²) in [5.41, 5.74) is 14.2. The lowest BCUT2D eigenvalue weighted by molar-refractivity contribution is 0.660. The highest BCUT2D eigenvalue weighted by Crippen LogP contribution is 2.50. The van der Waals surface area contributed by atoms with E-state index in [1.54, 1.807) is 0 Å². The van der Waals surface area contributed by atoms with Crippen LogP contribution in [0.2, 0.25) is 0 Å². The van der Waals surface area contributed by atoms with Gasteiger partial charge in [-0.05, 0) is 89.7 Å². The van der Waals surface area contributed by atoms with Gasteiger partial charge >= 0.3 is 0 Å². The molecule has 0 amide bonds. The number of allylic oxidation sites excluding steroid dienone is 1. The molecule has 2 nitrogen and oxygen atoms in total. The molecule has 0 N–H and O–H groups in total. The summed E-state index contributed by atoms with van der Waals surface area (Å²) in [4.78, 5) is 2.41. The molecule has 0 fully saturated rings. The van der Waals surface area contributed by atoms with Crippen molar-refractivity contribution in [3.63, 3.8) is 0 Å². The van der Waals surface area contributed by atoms with Gasteiger partial charge in [0.05, 0.1) is 5.52 Å². The summed E-state index contributed by atoms with van der Waals surface area (Å²) in [6, 6.07) is 44.4. The molecule has 41 heavy (non-hydrogen) atoms. The van der Waals surface area contributed by atoms with Gasteiger partial charge in [-0.25, -0.2) is 0 Å². The highest BCUT2D eigenvalue weighted by molar-refractivity contribution is 5.97. The summed E-state index contributed by atoms with van der Waals surface area (Å²) in [5, 5.41) is 1.30. The van der Waals surface area contributed by atoms with Gasteiger partial charge in [0.25, 0.3) is 0 Å². The summed E-state index contributed by atoms with van der Waals surface area (Å²) in [7, 11) is 0. The van der Waals surface area contributed by atoms with Gasteiger partial charge in [-0.2, -0.15) is 0 Å². The van der Waals surface area contributed by atoms with E-state index in [0.717, 1.165) is 18.5 Å². The maximum Gasteiger partial charge on any atom is 0.0539 e. The number of fused-ring (bicyclic) bond motifs is 6. The van der Waals surface area contributed by atoms with Gasteiger partial charge in [0.15, 0.2) is 0 Å². The topological polar surface area (TPSA) is 8.17 Å². The lowest BCUT2D eigenvalue weighted by atomic mass is 9.82. The van der Waals surface area contributed by atoms with Gasteiger partial charge in [-0.15, -0.1) is 0 Å². The van der Waals surface area contributed by atoms with Crippen LogP contribution in [0.3, 0.4) is 0 Å². The van der Waals surface area contributed by atoms with Crippen molar-refractivity contribution in [2.24, 2.45) is 0 Å². The zero-order valence-corrected chi connectivity index (χ0v) is 23.5. The lowest BCUT2D eigenvalue weighted by Crippen LogP contribution is -2.16. The van der Waals surface area contributed by atoms with Crippen LogP contribution in [0.15, 0.2) is 127 Å². The first-order valence-corrected chi connectivity index (χ1v) is 14.6. The minimum absolute atomic E-state index is 0.0506. The zero-order valence-electron chi connectivity index (χ0n) is 23.5. The van der Waals surface area contributed by atoms with Crippen molar-refractivity contribution in [2.75, 3.05) is 4.90 Å². The van der Waals surface area contributed by atoms with Crippen molar-refractivity contribution in [1.82, 2.24) is 4.57 Å². The number of benzene rings is 5. The monoisotopic (exact) mass is 528 g/mol. The Balaban J connectivity index is 1.33. The van der Waals surface area contributed by atoms with Crippen LogP contribution in [0, 0.1) is 0 Å².